The number of ether oxygens (including phenoxy) is 1. The van der Waals surface area contributed by atoms with E-state index in [-0.39, 0.29) is 17.4 Å². The molecule has 2 fully saturated rings. The molecule has 10 heteroatoms. The fourth-order valence-corrected chi connectivity index (χ4v) is 5.97. The van der Waals surface area contributed by atoms with Crippen LogP contribution < -0.4 is 10.5 Å². The van der Waals surface area contributed by atoms with Gasteiger partial charge < -0.3 is 14.2 Å². The lowest BCUT2D eigenvalue weighted by Crippen LogP contribution is -2.41. The minimum absolute atomic E-state index is 0.0392. The van der Waals surface area contributed by atoms with Crippen molar-refractivity contribution in [3.63, 3.8) is 0 Å². The van der Waals surface area contributed by atoms with Crippen LogP contribution in [0.1, 0.15) is 50.0 Å². The maximum absolute atomic E-state index is 13.0. The highest BCUT2D eigenvalue weighted by atomic mass is 35.5. The van der Waals surface area contributed by atoms with E-state index < -0.39 is 0 Å². The van der Waals surface area contributed by atoms with Gasteiger partial charge in [0.15, 0.2) is 11.5 Å². The van der Waals surface area contributed by atoms with E-state index in [0.717, 1.165) is 36.8 Å². The topological polar surface area (TPSA) is 102 Å². The van der Waals surface area contributed by atoms with Crippen molar-refractivity contribution >= 4 is 28.7 Å². The molecule has 1 saturated carbocycles. The van der Waals surface area contributed by atoms with Gasteiger partial charge in [0.1, 0.15) is 11.6 Å². The van der Waals surface area contributed by atoms with Gasteiger partial charge in [-0.15, -0.1) is 0 Å². The van der Waals surface area contributed by atoms with Crippen LogP contribution in [0.5, 0.6) is 0 Å². The van der Waals surface area contributed by atoms with Crippen molar-refractivity contribution < 1.29 is 4.74 Å². The Hall–Kier alpha value is -3.74. The summed E-state index contributed by atoms with van der Waals surface area (Å²) in [7, 11) is 0. The molecule has 0 bridgehead atoms. The van der Waals surface area contributed by atoms with Crippen LogP contribution >= 0.6 is 11.6 Å². The van der Waals surface area contributed by atoms with Gasteiger partial charge in [-0.2, -0.15) is 20.2 Å². The van der Waals surface area contributed by atoms with Crippen LogP contribution in [0.15, 0.2) is 53.5 Å². The third kappa shape index (κ3) is 5.02. The van der Waals surface area contributed by atoms with Crippen molar-refractivity contribution in [3.05, 3.63) is 75.4 Å². The maximum atomic E-state index is 13.0. The fourth-order valence-electron chi connectivity index (χ4n) is 5.81. The monoisotopic (exact) mass is 543 g/mol. The van der Waals surface area contributed by atoms with Gasteiger partial charge in [0.25, 0.3) is 5.56 Å². The zero-order valence-corrected chi connectivity index (χ0v) is 22.6. The van der Waals surface area contributed by atoms with E-state index >= 15 is 0 Å². The molecule has 0 N–H and O–H groups in total. The molecule has 1 aliphatic heterocycles. The molecule has 2 aliphatic rings. The molecule has 6 rings (SSSR count). The number of rotatable bonds is 5. The quantitative estimate of drug-likeness (QED) is 0.352. The second-order valence-corrected chi connectivity index (χ2v) is 11.0. The third-order valence-corrected chi connectivity index (χ3v) is 8.14. The van der Waals surface area contributed by atoms with Crippen molar-refractivity contribution in [3.8, 4) is 11.9 Å². The van der Waals surface area contributed by atoms with E-state index in [4.69, 9.17) is 21.3 Å². The number of aromatic nitrogens is 5. The van der Waals surface area contributed by atoms with Gasteiger partial charge in [-0.25, -0.2) is 0 Å². The molecule has 3 aromatic heterocycles. The van der Waals surface area contributed by atoms with E-state index in [2.05, 4.69) is 38.5 Å². The molecular formula is C29H30ClN7O2. The predicted octanol–water partition coefficient (Wildman–Crippen LogP) is 4.91. The van der Waals surface area contributed by atoms with Crippen molar-refractivity contribution in [2.45, 2.75) is 45.2 Å². The van der Waals surface area contributed by atoms with Crippen LogP contribution in [0.3, 0.4) is 0 Å². The number of hydrogen-bond acceptors (Lipinski definition) is 7. The first kappa shape index (κ1) is 25.5. The zero-order chi connectivity index (χ0) is 26.9. The summed E-state index contributed by atoms with van der Waals surface area (Å²) in [4.78, 5) is 29.3. The minimum Gasteiger partial charge on any atom is -0.377 e. The average molecular weight is 544 g/mol. The van der Waals surface area contributed by atoms with Crippen LogP contribution in [0, 0.1) is 23.2 Å². The van der Waals surface area contributed by atoms with Crippen molar-refractivity contribution in [2.75, 3.05) is 24.7 Å². The molecule has 0 spiro atoms. The summed E-state index contributed by atoms with van der Waals surface area (Å²) in [5, 5.41) is 10.1. The molecule has 0 amide bonds. The zero-order valence-electron chi connectivity index (χ0n) is 21.8. The Kier molecular flexibility index (Phi) is 7.07. The van der Waals surface area contributed by atoms with Crippen LogP contribution in [0.4, 0.5) is 5.95 Å². The molecule has 200 valence electrons. The number of halogens is 1. The molecule has 1 saturated heterocycles. The Morgan fingerprint density at radius 3 is 2.64 bits per heavy atom. The highest BCUT2D eigenvalue weighted by molar-refractivity contribution is 6.30. The number of nitriles is 1. The summed E-state index contributed by atoms with van der Waals surface area (Å²) < 4.78 is 9.48. The van der Waals surface area contributed by atoms with Crippen molar-refractivity contribution in [1.82, 2.24) is 24.1 Å². The van der Waals surface area contributed by atoms with Gasteiger partial charge in [-0.1, -0.05) is 61.7 Å². The van der Waals surface area contributed by atoms with E-state index in [1.807, 2.05) is 24.3 Å². The smallest absolute Gasteiger partial charge is 0.256 e. The second kappa shape index (κ2) is 10.8. The van der Waals surface area contributed by atoms with Gasteiger partial charge in [0, 0.05) is 25.4 Å². The van der Waals surface area contributed by atoms with Crippen LogP contribution in [-0.2, 0) is 11.3 Å². The molecular weight excluding hydrogens is 514 g/mol. The molecule has 9 nitrogen and oxygen atoms in total. The molecule has 1 atom stereocenters. The Morgan fingerprint density at radius 1 is 1.08 bits per heavy atom. The Morgan fingerprint density at radius 2 is 1.87 bits per heavy atom. The van der Waals surface area contributed by atoms with Crippen molar-refractivity contribution in [1.29, 1.82) is 5.26 Å². The standard InChI is InChI=1S/C29H30ClN7O2/c1-19-7-9-20(10-8-19)16-37-26-27(32-24(15-31)33-28(26)36-17-22(30)11-12-25(36)38)34-29(37)35-13-14-39-18-23(35)21-5-3-2-4-6-21/h2-6,11-12,17,19-20,23H,7-10,13-14,16,18H2,1H3. The molecule has 4 heterocycles. The number of morpholine rings is 1. The number of pyridine rings is 1. The van der Waals surface area contributed by atoms with Gasteiger partial charge in [0.2, 0.25) is 11.8 Å². The van der Waals surface area contributed by atoms with E-state index in [0.29, 0.717) is 47.7 Å². The molecule has 1 unspecified atom stereocenters. The molecule has 1 aromatic carbocycles. The lowest BCUT2D eigenvalue weighted by atomic mass is 9.83. The molecule has 0 radical (unpaired) electrons. The normalized spacial score (nSPS) is 21.7. The summed E-state index contributed by atoms with van der Waals surface area (Å²) in [5.74, 6) is 2.20. The number of hydrogen-bond donors (Lipinski definition) is 0. The first-order valence-corrected chi connectivity index (χ1v) is 13.9. The van der Waals surface area contributed by atoms with Gasteiger partial charge >= 0.3 is 0 Å². The first-order valence-electron chi connectivity index (χ1n) is 13.5. The van der Waals surface area contributed by atoms with Crippen LogP contribution in [0.2, 0.25) is 5.02 Å². The Balaban J connectivity index is 1.57. The first-order chi connectivity index (χ1) is 19.0. The summed E-state index contributed by atoms with van der Waals surface area (Å²) in [6, 6.07) is 15.2. The highest BCUT2D eigenvalue weighted by Gasteiger charge is 2.32. The van der Waals surface area contributed by atoms with E-state index in [1.165, 1.54) is 29.7 Å². The van der Waals surface area contributed by atoms with E-state index in [9.17, 15) is 10.1 Å². The summed E-state index contributed by atoms with van der Waals surface area (Å²) in [6.45, 7) is 4.78. The van der Waals surface area contributed by atoms with E-state index in [1.54, 1.807) is 6.07 Å². The number of fused-ring (bicyclic) bond motifs is 1. The molecule has 4 aromatic rings. The Bertz CT molecular complexity index is 1590. The molecule has 39 heavy (non-hydrogen) atoms. The minimum atomic E-state index is -0.294. The number of imidazole rings is 1. The highest BCUT2D eigenvalue weighted by Crippen LogP contribution is 2.36. The summed E-state index contributed by atoms with van der Waals surface area (Å²) in [6.07, 6.45) is 6.15. The number of benzene rings is 1. The lowest BCUT2D eigenvalue weighted by molar-refractivity contribution is 0.0927. The van der Waals surface area contributed by atoms with Crippen molar-refractivity contribution in [2.24, 2.45) is 11.8 Å². The summed E-state index contributed by atoms with van der Waals surface area (Å²) in [5.41, 5.74) is 1.86. The molecule has 1 aliphatic carbocycles. The van der Waals surface area contributed by atoms with Gasteiger partial charge in [-0.3, -0.25) is 9.36 Å². The fraction of sp³-hybridized carbons (Fsp3) is 0.414. The lowest BCUT2D eigenvalue weighted by Gasteiger charge is -2.37. The van der Waals surface area contributed by atoms with Gasteiger partial charge in [-0.05, 0) is 36.3 Å². The number of nitrogens with zero attached hydrogens (tertiary/aromatic N) is 7. The average Bonchev–Trinajstić information content (AvgIpc) is 3.33. The SMILES string of the molecule is CC1CCC(Cn2c(N3CCOCC3c3ccccc3)nc3nc(C#N)nc(-n4cc(Cl)ccc4=O)c32)CC1. The Labute approximate surface area is 231 Å². The second-order valence-electron chi connectivity index (χ2n) is 10.6. The summed E-state index contributed by atoms with van der Waals surface area (Å²) >= 11 is 6.30. The van der Waals surface area contributed by atoms with Gasteiger partial charge in [0.05, 0.1) is 24.3 Å². The predicted molar refractivity (Wildman–Crippen MR) is 149 cm³/mol. The van der Waals surface area contributed by atoms with Crippen LogP contribution in [0.25, 0.3) is 17.0 Å². The largest absolute Gasteiger partial charge is 0.377 e. The third-order valence-electron chi connectivity index (χ3n) is 7.91. The maximum Gasteiger partial charge on any atom is 0.256 e. The number of anilines is 1. The van der Waals surface area contributed by atoms with Crippen LogP contribution in [-0.4, -0.2) is 43.8 Å².